The van der Waals surface area contributed by atoms with Crippen molar-refractivity contribution in [2.24, 2.45) is 0 Å². The number of nitrogens with zero attached hydrogens (tertiary/aromatic N) is 1. The van der Waals surface area contributed by atoms with E-state index >= 15 is 0 Å². The summed E-state index contributed by atoms with van der Waals surface area (Å²) >= 11 is 5.87. The average Bonchev–Trinajstić information content (AvgIpc) is 2.38. The highest BCUT2D eigenvalue weighted by molar-refractivity contribution is 6.31. The van der Waals surface area contributed by atoms with Crippen molar-refractivity contribution in [3.63, 3.8) is 0 Å². The van der Waals surface area contributed by atoms with E-state index in [1.165, 1.54) is 30.6 Å². The summed E-state index contributed by atoms with van der Waals surface area (Å²) in [5.41, 5.74) is -0.0261. The zero-order valence-corrected chi connectivity index (χ0v) is 10.3. The van der Waals surface area contributed by atoms with Crippen LogP contribution in [0, 0.1) is 0 Å². The van der Waals surface area contributed by atoms with Crippen molar-refractivity contribution in [1.29, 1.82) is 0 Å². The number of hydrogen-bond donors (Lipinski definition) is 1. The molecule has 1 atom stereocenters. The molecular weight excluding hydrogens is 279 g/mol. The Labute approximate surface area is 112 Å². The molecule has 0 spiro atoms. The molecule has 6 heteroatoms. The van der Waals surface area contributed by atoms with Gasteiger partial charge in [0.15, 0.2) is 0 Å². The molecular formula is C13H9ClF3NO. The highest BCUT2D eigenvalue weighted by Gasteiger charge is 2.30. The first-order valence-corrected chi connectivity index (χ1v) is 5.72. The average molecular weight is 288 g/mol. The lowest BCUT2D eigenvalue weighted by Crippen LogP contribution is -2.06. The summed E-state index contributed by atoms with van der Waals surface area (Å²) in [6, 6.07) is 5.82. The minimum Gasteiger partial charge on any atom is -0.384 e. The van der Waals surface area contributed by atoms with Crippen LogP contribution in [0.25, 0.3) is 0 Å². The predicted octanol–water partition coefficient (Wildman–Crippen LogP) is 3.84. The zero-order chi connectivity index (χ0) is 14.0. The molecule has 0 fully saturated rings. The van der Waals surface area contributed by atoms with E-state index in [2.05, 4.69) is 4.98 Å². The van der Waals surface area contributed by atoms with Crippen LogP contribution in [0.4, 0.5) is 13.2 Å². The van der Waals surface area contributed by atoms with Crippen LogP contribution in [0.3, 0.4) is 0 Å². The van der Waals surface area contributed by atoms with Crippen molar-refractivity contribution in [2.75, 3.05) is 0 Å². The van der Waals surface area contributed by atoms with Crippen molar-refractivity contribution in [3.8, 4) is 0 Å². The molecule has 0 aliphatic heterocycles. The molecule has 0 aliphatic carbocycles. The van der Waals surface area contributed by atoms with E-state index in [4.69, 9.17) is 11.6 Å². The summed E-state index contributed by atoms with van der Waals surface area (Å²) in [7, 11) is 0. The Morgan fingerprint density at radius 2 is 1.74 bits per heavy atom. The maximum atomic E-state index is 12.4. The molecule has 19 heavy (non-hydrogen) atoms. The fourth-order valence-electron chi connectivity index (χ4n) is 1.64. The summed E-state index contributed by atoms with van der Waals surface area (Å²) in [5, 5.41) is 10.3. The van der Waals surface area contributed by atoms with Gasteiger partial charge in [0.2, 0.25) is 0 Å². The lowest BCUT2D eigenvalue weighted by molar-refractivity contribution is -0.137. The normalized spacial score (nSPS) is 13.3. The van der Waals surface area contributed by atoms with Crippen molar-refractivity contribution >= 4 is 11.6 Å². The van der Waals surface area contributed by atoms with Gasteiger partial charge >= 0.3 is 6.18 Å². The van der Waals surface area contributed by atoms with Gasteiger partial charge in [0.1, 0.15) is 6.10 Å². The third-order valence-electron chi connectivity index (χ3n) is 2.65. The lowest BCUT2D eigenvalue weighted by Gasteiger charge is -2.14. The molecule has 2 aromatic rings. The van der Waals surface area contributed by atoms with E-state index in [0.29, 0.717) is 11.1 Å². The van der Waals surface area contributed by atoms with Gasteiger partial charge in [-0.05, 0) is 23.8 Å². The molecule has 0 amide bonds. The Morgan fingerprint density at radius 1 is 1.11 bits per heavy atom. The summed E-state index contributed by atoms with van der Waals surface area (Å²) in [6.07, 6.45) is -2.66. The molecule has 1 N–H and O–H groups in total. The topological polar surface area (TPSA) is 33.1 Å². The van der Waals surface area contributed by atoms with E-state index in [1.807, 2.05) is 0 Å². The predicted molar refractivity (Wildman–Crippen MR) is 64.8 cm³/mol. The molecule has 0 saturated heterocycles. The molecule has 2 nitrogen and oxygen atoms in total. The number of benzene rings is 1. The third-order valence-corrected chi connectivity index (χ3v) is 2.97. The molecule has 100 valence electrons. The van der Waals surface area contributed by atoms with Crippen LogP contribution in [0.15, 0.2) is 42.7 Å². The lowest BCUT2D eigenvalue weighted by atomic mass is 10.0. The van der Waals surface area contributed by atoms with E-state index in [-0.39, 0.29) is 5.02 Å². The minimum absolute atomic E-state index is 0.259. The van der Waals surface area contributed by atoms with E-state index in [1.54, 1.807) is 0 Å². The molecule has 1 unspecified atom stereocenters. The Hall–Kier alpha value is -1.59. The smallest absolute Gasteiger partial charge is 0.384 e. The number of pyridine rings is 1. The van der Waals surface area contributed by atoms with Gasteiger partial charge in [-0.15, -0.1) is 0 Å². The Kier molecular flexibility index (Phi) is 3.78. The first kappa shape index (κ1) is 13.8. The van der Waals surface area contributed by atoms with E-state index in [0.717, 1.165) is 12.1 Å². The van der Waals surface area contributed by atoms with E-state index < -0.39 is 17.8 Å². The number of alkyl halides is 3. The summed E-state index contributed by atoms with van der Waals surface area (Å²) in [5.74, 6) is 0. The van der Waals surface area contributed by atoms with E-state index in [9.17, 15) is 18.3 Å². The molecule has 2 rings (SSSR count). The largest absolute Gasteiger partial charge is 0.416 e. The molecule has 1 aromatic heterocycles. The van der Waals surface area contributed by atoms with Gasteiger partial charge in [-0.25, -0.2) is 0 Å². The van der Waals surface area contributed by atoms with Crippen LogP contribution in [0.1, 0.15) is 22.8 Å². The molecule has 0 bridgehead atoms. The van der Waals surface area contributed by atoms with Crippen LogP contribution in [0.5, 0.6) is 0 Å². The number of aromatic nitrogens is 1. The Bertz CT molecular complexity index is 569. The second-order valence-electron chi connectivity index (χ2n) is 3.92. The highest BCUT2D eigenvalue weighted by Crippen LogP contribution is 2.32. The van der Waals surface area contributed by atoms with Crippen molar-refractivity contribution in [3.05, 3.63) is 64.4 Å². The number of rotatable bonds is 2. The molecule has 0 radical (unpaired) electrons. The van der Waals surface area contributed by atoms with Gasteiger partial charge in [-0.2, -0.15) is 13.2 Å². The fourth-order valence-corrected chi connectivity index (χ4v) is 1.86. The number of aliphatic hydroxyl groups excluding tert-OH is 1. The maximum absolute atomic E-state index is 12.4. The van der Waals surface area contributed by atoms with Gasteiger partial charge in [-0.3, -0.25) is 4.98 Å². The minimum atomic E-state index is -4.39. The van der Waals surface area contributed by atoms with Gasteiger partial charge in [0, 0.05) is 18.0 Å². The van der Waals surface area contributed by atoms with Crippen molar-refractivity contribution < 1.29 is 18.3 Å². The van der Waals surface area contributed by atoms with Crippen molar-refractivity contribution in [2.45, 2.75) is 12.3 Å². The number of hydrogen-bond acceptors (Lipinski definition) is 2. The summed E-state index contributed by atoms with van der Waals surface area (Å²) < 4.78 is 37.2. The van der Waals surface area contributed by atoms with Gasteiger partial charge in [0.05, 0.1) is 10.6 Å². The first-order chi connectivity index (χ1) is 8.89. The zero-order valence-electron chi connectivity index (χ0n) is 9.53. The fraction of sp³-hybridized carbons (Fsp3) is 0.154. The van der Waals surface area contributed by atoms with Gasteiger partial charge in [-0.1, -0.05) is 23.7 Å². The molecule has 0 saturated carbocycles. The maximum Gasteiger partial charge on any atom is 0.416 e. The standard InChI is InChI=1S/C13H9ClF3NO/c14-11-7-18-6-5-10(11)12(19)8-1-3-9(4-2-8)13(15,16)17/h1-7,12,19H. The molecule has 0 aliphatic rings. The van der Waals surface area contributed by atoms with Crippen LogP contribution >= 0.6 is 11.6 Å². The number of halogens is 4. The van der Waals surface area contributed by atoms with Crippen molar-refractivity contribution in [1.82, 2.24) is 4.98 Å². The second-order valence-corrected chi connectivity index (χ2v) is 4.33. The molecule has 1 heterocycles. The van der Waals surface area contributed by atoms with Crippen LogP contribution < -0.4 is 0 Å². The molecule has 1 aromatic carbocycles. The summed E-state index contributed by atoms with van der Waals surface area (Å²) in [6.45, 7) is 0. The quantitative estimate of drug-likeness (QED) is 0.910. The van der Waals surface area contributed by atoms with Gasteiger partial charge < -0.3 is 5.11 Å². The van der Waals surface area contributed by atoms with Crippen LogP contribution in [0.2, 0.25) is 5.02 Å². The highest BCUT2D eigenvalue weighted by atomic mass is 35.5. The number of aliphatic hydroxyl groups is 1. The first-order valence-electron chi connectivity index (χ1n) is 5.34. The van der Waals surface area contributed by atoms with Crippen LogP contribution in [-0.4, -0.2) is 10.1 Å². The second kappa shape index (κ2) is 5.19. The summed E-state index contributed by atoms with van der Waals surface area (Å²) in [4.78, 5) is 3.78. The van der Waals surface area contributed by atoms with Crippen LogP contribution in [-0.2, 0) is 6.18 Å². The van der Waals surface area contributed by atoms with Gasteiger partial charge in [0.25, 0.3) is 0 Å². The monoisotopic (exact) mass is 287 g/mol. The SMILES string of the molecule is OC(c1ccc(C(F)(F)F)cc1)c1ccncc1Cl. The Morgan fingerprint density at radius 3 is 2.26 bits per heavy atom. The third kappa shape index (κ3) is 3.05. The Balaban J connectivity index is 2.31.